The zero-order chi connectivity index (χ0) is 13.6. The van der Waals surface area contributed by atoms with Gasteiger partial charge in [0.1, 0.15) is 0 Å². The van der Waals surface area contributed by atoms with Gasteiger partial charge in [-0.3, -0.25) is 0 Å². The number of aliphatic hydroxyl groups is 1. The van der Waals surface area contributed by atoms with Gasteiger partial charge in [0.05, 0.1) is 13.2 Å². The van der Waals surface area contributed by atoms with Gasteiger partial charge >= 0.3 is 16.3 Å². The maximum atomic E-state index is 12.0. The molecule has 1 rings (SSSR count). The number of carbonyl (C=O) groups excluding carboxylic acids is 1. The molecule has 0 aromatic heterocycles. The van der Waals surface area contributed by atoms with Crippen molar-refractivity contribution in [3.8, 4) is 0 Å². The molecule has 7 nitrogen and oxygen atoms in total. The number of nitrogens with one attached hydrogen (secondary N) is 1. The van der Waals surface area contributed by atoms with E-state index in [-0.39, 0.29) is 25.8 Å². The molecule has 0 atom stereocenters. The van der Waals surface area contributed by atoms with Crippen LogP contribution in [0.25, 0.3) is 0 Å². The van der Waals surface area contributed by atoms with E-state index in [4.69, 9.17) is 5.11 Å². The number of carbonyl (C=O) groups is 1. The Morgan fingerprint density at radius 3 is 2.56 bits per heavy atom. The van der Waals surface area contributed by atoms with Crippen LogP contribution in [0.5, 0.6) is 0 Å². The van der Waals surface area contributed by atoms with Crippen LogP contribution < -0.4 is 4.72 Å². The predicted octanol–water partition coefficient (Wildman–Crippen LogP) is 0.214. The first-order chi connectivity index (χ1) is 8.51. The monoisotopic (exact) mass is 280 g/mol. The Hall–Kier alpha value is -0.860. The van der Waals surface area contributed by atoms with E-state index in [0.717, 1.165) is 30.0 Å². The molecule has 0 aromatic carbocycles. The lowest BCUT2D eigenvalue weighted by Gasteiger charge is -2.26. The zero-order valence-corrected chi connectivity index (χ0v) is 11.3. The van der Waals surface area contributed by atoms with Crippen molar-refractivity contribution in [3.05, 3.63) is 0 Å². The molecule has 1 saturated carbocycles. The summed E-state index contributed by atoms with van der Waals surface area (Å²) in [7, 11) is -3.94. The standard InChI is InChI=1S/C10H20N2O5S/c1-2-17-10(14)11-18(15,16)12(7-8-13)9-5-3-4-6-9/h9,13H,2-8H2,1H3,(H,11,14). The van der Waals surface area contributed by atoms with Crippen molar-refractivity contribution in [1.82, 2.24) is 9.03 Å². The van der Waals surface area contributed by atoms with Gasteiger partial charge in [-0.05, 0) is 19.8 Å². The molecular weight excluding hydrogens is 260 g/mol. The third-order valence-corrected chi connectivity index (χ3v) is 4.37. The normalized spacial score (nSPS) is 17.1. The third-order valence-electron chi connectivity index (χ3n) is 2.85. The summed E-state index contributed by atoms with van der Waals surface area (Å²) >= 11 is 0. The Labute approximate surface area is 107 Å². The Kier molecular flexibility index (Phi) is 5.83. The van der Waals surface area contributed by atoms with Crippen LogP contribution in [-0.2, 0) is 14.9 Å². The average Bonchev–Trinajstić information content (AvgIpc) is 2.78. The molecule has 1 aliphatic rings. The van der Waals surface area contributed by atoms with Crippen molar-refractivity contribution in [2.24, 2.45) is 0 Å². The van der Waals surface area contributed by atoms with Crippen LogP contribution in [0.2, 0.25) is 0 Å². The molecule has 18 heavy (non-hydrogen) atoms. The largest absolute Gasteiger partial charge is 0.449 e. The van der Waals surface area contributed by atoms with E-state index < -0.39 is 16.3 Å². The Balaban J connectivity index is 2.72. The van der Waals surface area contributed by atoms with Crippen molar-refractivity contribution in [2.75, 3.05) is 19.8 Å². The molecule has 0 aromatic rings. The molecule has 0 aliphatic heterocycles. The van der Waals surface area contributed by atoms with Crippen LogP contribution in [0, 0.1) is 0 Å². The van der Waals surface area contributed by atoms with Gasteiger partial charge in [0.2, 0.25) is 0 Å². The number of amides is 1. The van der Waals surface area contributed by atoms with E-state index in [1.54, 1.807) is 6.92 Å². The highest BCUT2D eigenvalue weighted by atomic mass is 32.2. The summed E-state index contributed by atoms with van der Waals surface area (Å²) in [6, 6.07) is -0.149. The highest BCUT2D eigenvalue weighted by Gasteiger charge is 2.32. The molecule has 1 aliphatic carbocycles. The van der Waals surface area contributed by atoms with E-state index in [9.17, 15) is 13.2 Å². The Morgan fingerprint density at radius 2 is 2.06 bits per heavy atom. The van der Waals surface area contributed by atoms with Gasteiger partial charge in [0.25, 0.3) is 0 Å². The van der Waals surface area contributed by atoms with E-state index in [0.29, 0.717) is 0 Å². The van der Waals surface area contributed by atoms with Crippen LogP contribution in [0.3, 0.4) is 0 Å². The van der Waals surface area contributed by atoms with Gasteiger partial charge in [-0.1, -0.05) is 12.8 Å². The smallest absolute Gasteiger partial charge is 0.421 e. The minimum Gasteiger partial charge on any atom is -0.449 e. The minimum absolute atomic E-state index is 0.0145. The first-order valence-corrected chi connectivity index (χ1v) is 7.52. The molecule has 8 heteroatoms. The van der Waals surface area contributed by atoms with Crippen LogP contribution in [0.1, 0.15) is 32.6 Å². The molecule has 2 N–H and O–H groups in total. The molecule has 0 bridgehead atoms. The summed E-state index contributed by atoms with van der Waals surface area (Å²) in [4.78, 5) is 11.2. The molecular formula is C10H20N2O5S. The SMILES string of the molecule is CCOC(=O)NS(=O)(=O)N(CCO)C1CCCC1. The first kappa shape index (κ1) is 15.2. The van der Waals surface area contributed by atoms with Crippen molar-refractivity contribution in [3.63, 3.8) is 0 Å². The van der Waals surface area contributed by atoms with Crippen LogP contribution >= 0.6 is 0 Å². The highest BCUT2D eigenvalue weighted by molar-refractivity contribution is 7.87. The minimum atomic E-state index is -3.94. The van der Waals surface area contributed by atoms with E-state index >= 15 is 0 Å². The van der Waals surface area contributed by atoms with Crippen molar-refractivity contribution >= 4 is 16.3 Å². The maximum Gasteiger partial charge on any atom is 0.421 e. The molecule has 0 radical (unpaired) electrons. The number of hydrogen-bond acceptors (Lipinski definition) is 5. The molecule has 1 fully saturated rings. The van der Waals surface area contributed by atoms with Crippen LogP contribution in [-0.4, -0.2) is 49.7 Å². The van der Waals surface area contributed by atoms with E-state index in [2.05, 4.69) is 4.74 Å². The number of hydrogen-bond donors (Lipinski definition) is 2. The quantitative estimate of drug-likeness (QED) is 0.725. The molecule has 106 valence electrons. The molecule has 0 spiro atoms. The van der Waals surface area contributed by atoms with Gasteiger partial charge in [0, 0.05) is 12.6 Å². The van der Waals surface area contributed by atoms with Gasteiger partial charge in [-0.25, -0.2) is 9.52 Å². The van der Waals surface area contributed by atoms with Crippen LogP contribution in [0.4, 0.5) is 4.79 Å². The van der Waals surface area contributed by atoms with E-state index in [1.807, 2.05) is 4.72 Å². The summed E-state index contributed by atoms with van der Waals surface area (Å²) in [5, 5.41) is 8.95. The van der Waals surface area contributed by atoms with Crippen LogP contribution in [0.15, 0.2) is 0 Å². The fourth-order valence-corrected chi connectivity index (χ4v) is 3.43. The highest BCUT2D eigenvalue weighted by Crippen LogP contribution is 2.24. The fraction of sp³-hybridized carbons (Fsp3) is 0.900. The second kappa shape index (κ2) is 6.91. The lowest BCUT2D eigenvalue weighted by atomic mass is 10.2. The lowest BCUT2D eigenvalue weighted by Crippen LogP contribution is -2.48. The van der Waals surface area contributed by atoms with Gasteiger partial charge < -0.3 is 9.84 Å². The predicted molar refractivity (Wildman–Crippen MR) is 65.1 cm³/mol. The van der Waals surface area contributed by atoms with Crippen molar-refractivity contribution in [1.29, 1.82) is 0 Å². The van der Waals surface area contributed by atoms with Crippen molar-refractivity contribution < 1.29 is 23.1 Å². The molecule has 0 heterocycles. The van der Waals surface area contributed by atoms with Gasteiger partial charge in [-0.2, -0.15) is 12.7 Å². The van der Waals surface area contributed by atoms with Gasteiger partial charge in [-0.15, -0.1) is 0 Å². The average molecular weight is 280 g/mol. The van der Waals surface area contributed by atoms with E-state index in [1.165, 1.54) is 0 Å². The number of rotatable bonds is 6. The fourth-order valence-electron chi connectivity index (χ4n) is 2.11. The third kappa shape index (κ3) is 4.11. The summed E-state index contributed by atoms with van der Waals surface area (Å²) < 4.78 is 31.5. The lowest BCUT2D eigenvalue weighted by molar-refractivity contribution is 0.157. The van der Waals surface area contributed by atoms with Gasteiger partial charge in [0.15, 0.2) is 0 Å². The summed E-state index contributed by atoms with van der Waals surface area (Å²) in [5.41, 5.74) is 0. The Morgan fingerprint density at radius 1 is 1.44 bits per heavy atom. The summed E-state index contributed by atoms with van der Waals surface area (Å²) in [6.07, 6.45) is 2.44. The topological polar surface area (TPSA) is 95.9 Å². The molecule has 0 unspecified atom stereocenters. The van der Waals surface area contributed by atoms with Crippen molar-refractivity contribution in [2.45, 2.75) is 38.6 Å². The molecule has 0 saturated heterocycles. The number of aliphatic hydroxyl groups excluding tert-OH is 1. The zero-order valence-electron chi connectivity index (χ0n) is 10.5. The maximum absolute atomic E-state index is 12.0. The second-order valence-electron chi connectivity index (χ2n) is 4.10. The first-order valence-electron chi connectivity index (χ1n) is 6.08. The number of ether oxygens (including phenoxy) is 1. The summed E-state index contributed by atoms with van der Waals surface area (Å²) in [6.45, 7) is 1.40. The molecule has 1 amide bonds. The number of nitrogens with zero attached hydrogens (tertiary/aromatic N) is 1. The summed E-state index contributed by atoms with van der Waals surface area (Å²) in [5.74, 6) is 0. The Bertz CT molecular complexity index is 364. The second-order valence-corrected chi connectivity index (χ2v) is 5.72.